The molecule has 0 aliphatic rings. The van der Waals surface area contributed by atoms with Gasteiger partial charge >= 0.3 is 0 Å². The fourth-order valence-electron chi connectivity index (χ4n) is 2.29. The molecule has 1 aromatic carbocycles. The van der Waals surface area contributed by atoms with Gasteiger partial charge in [-0.05, 0) is 38.5 Å². The second kappa shape index (κ2) is 6.72. The van der Waals surface area contributed by atoms with Gasteiger partial charge in [0, 0.05) is 24.3 Å². The number of benzene rings is 1. The summed E-state index contributed by atoms with van der Waals surface area (Å²) in [6.07, 6.45) is 0. The standard InChI is InChI=1S/C17H19ClN2O/c1-4-20(11-14-7-5-6-12(2)8-14)17(21)15-9-13(3)19-16(18)10-15/h5-10H,4,11H2,1-3H3. The molecule has 0 radical (unpaired) electrons. The van der Waals surface area contributed by atoms with E-state index in [4.69, 9.17) is 11.6 Å². The van der Waals surface area contributed by atoms with Crippen LogP contribution in [-0.4, -0.2) is 22.3 Å². The minimum Gasteiger partial charge on any atom is -0.335 e. The zero-order valence-corrected chi connectivity index (χ0v) is 13.3. The molecule has 1 amide bonds. The molecular weight excluding hydrogens is 284 g/mol. The summed E-state index contributed by atoms with van der Waals surface area (Å²) in [5.74, 6) is -0.0218. The Hall–Kier alpha value is -1.87. The molecule has 0 aliphatic carbocycles. The number of aromatic nitrogens is 1. The lowest BCUT2D eigenvalue weighted by atomic mass is 10.1. The van der Waals surface area contributed by atoms with Crippen LogP contribution >= 0.6 is 11.6 Å². The highest BCUT2D eigenvalue weighted by atomic mass is 35.5. The van der Waals surface area contributed by atoms with Gasteiger partial charge in [0.05, 0.1) is 0 Å². The molecule has 3 nitrogen and oxygen atoms in total. The zero-order chi connectivity index (χ0) is 15.4. The van der Waals surface area contributed by atoms with E-state index in [0.717, 1.165) is 11.3 Å². The molecule has 21 heavy (non-hydrogen) atoms. The average molecular weight is 303 g/mol. The number of aryl methyl sites for hydroxylation is 2. The van der Waals surface area contributed by atoms with Gasteiger partial charge in [-0.2, -0.15) is 0 Å². The fourth-order valence-corrected chi connectivity index (χ4v) is 2.54. The molecule has 2 aromatic rings. The molecular formula is C17H19ClN2O. The Labute approximate surface area is 130 Å². The Bertz CT molecular complexity index is 635. The summed E-state index contributed by atoms with van der Waals surface area (Å²) < 4.78 is 0. The first-order chi connectivity index (χ1) is 9.99. The molecule has 4 heteroatoms. The van der Waals surface area contributed by atoms with Gasteiger partial charge in [-0.25, -0.2) is 4.98 Å². The predicted octanol–water partition coefficient (Wildman–Crippen LogP) is 4.01. The van der Waals surface area contributed by atoms with Crippen LogP contribution in [-0.2, 0) is 6.54 Å². The second-order valence-corrected chi connectivity index (χ2v) is 5.52. The van der Waals surface area contributed by atoms with Gasteiger partial charge in [-0.1, -0.05) is 41.4 Å². The highest BCUT2D eigenvalue weighted by Gasteiger charge is 2.16. The number of rotatable bonds is 4. The van der Waals surface area contributed by atoms with Crippen LogP contribution < -0.4 is 0 Å². The van der Waals surface area contributed by atoms with E-state index >= 15 is 0 Å². The van der Waals surface area contributed by atoms with Crippen molar-refractivity contribution in [2.75, 3.05) is 6.54 Å². The van der Waals surface area contributed by atoms with Gasteiger partial charge in [-0.15, -0.1) is 0 Å². The molecule has 1 aromatic heterocycles. The maximum Gasteiger partial charge on any atom is 0.254 e. The summed E-state index contributed by atoms with van der Waals surface area (Å²) in [6, 6.07) is 11.6. The summed E-state index contributed by atoms with van der Waals surface area (Å²) in [6.45, 7) is 7.10. The minimum absolute atomic E-state index is 0.0218. The Balaban J connectivity index is 2.22. The van der Waals surface area contributed by atoms with Gasteiger partial charge in [0.1, 0.15) is 5.15 Å². The van der Waals surface area contributed by atoms with Crippen LogP contribution in [0.5, 0.6) is 0 Å². The van der Waals surface area contributed by atoms with E-state index in [2.05, 4.69) is 11.1 Å². The van der Waals surface area contributed by atoms with Crippen LogP contribution in [0.1, 0.15) is 34.1 Å². The van der Waals surface area contributed by atoms with Crippen LogP contribution in [0.2, 0.25) is 5.15 Å². The summed E-state index contributed by atoms with van der Waals surface area (Å²) in [5.41, 5.74) is 3.65. The predicted molar refractivity (Wildman–Crippen MR) is 85.6 cm³/mol. The molecule has 0 bridgehead atoms. The fraction of sp³-hybridized carbons (Fsp3) is 0.294. The SMILES string of the molecule is CCN(Cc1cccc(C)c1)C(=O)c1cc(C)nc(Cl)c1. The summed E-state index contributed by atoms with van der Waals surface area (Å²) in [7, 11) is 0. The first kappa shape index (κ1) is 15.5. The van der Waals surface area contributed by atoms with Gasteiger partial charge in [0.25, 0.3) is 5.91 Å². The van der Waals surface area contributed by atoms with Crippen LogP contribution in [0.3, 0.4) is 0 Å². The molecule has 0 unspecified atom stereocenters. The number of nitrogens with zero attached hydrogens (tertiary/aromatic N) is 2. The van der Waals surface area contributed by atoms with Crippen molar-refractivity contribution in [1.82, 2.24) is 9.88 Å². The number of carbonyl (C=O) groups is 1. The number of halogens is 1. The van der Waals surface area contributed by atoms with Crippen LogP contribution in [0.4, 0.5) is 0 Å². The van der Waals surface area contributed by atoms with Gasteiger partial charge < -0.3 is 4.90 Å². The quantitative estimate of drug-likeness (QED) is 0.799. The van der Waals surface area contributed by atoms with E-state index in [1.54, 1.807) is 17.0 Å². The van der Waals surface area contributed by atoms with Crippen molar-refractivity contribution in [3.05, 3.63) is 63.9 Å². The van der Waals surface area contributed by atoms with Gasteiger partial charge in [0.2, 0.25) is 0 Å². The maximum atomic E-state index is 12.6. The number of amides is 1. The highest BCUT2D eigenvalue weighted by molar-refractivity contribution is 6.29. The molecule has 0 spiro atoms. The van der Waals surface area contributed by atoms with Crippen molar-refractivity contribution in [2.24, 2.45) is 0 Å². The Morgan fingerprint density at radius 1 is 1.24 bits per heavy atom. The monoisotopic (exact) mass is 302 g/mol. The normalized spacial score (nSPS) is 10.5. The average Bonchev–Trinajstić information content (AvgIpc) is 2.43. The zero-order valence-electron chi connectivity index (χ0n) is 12.6. The molecule has 2 rings (SSSR count). The van der Waals surface area contributed by atoms with Crippen LogP contribution in [0.15, 0.2) is 36.4 Å². The third-order valence-corrected chi connectivity index (χ3v) is 3.49. The number of hydrogen-bond donors (Lipinski definition) is 0. The number of pyridine rings is 1. The van der Waals surface area contributed by atoms with Gasteiger partial charge in [-0.3, -0.25) is 4.79 Å². The maximum absolute atomic E-state index is 12.6. The van der Waals surface area contributed by atoms with Crippen molar-refractivity contribution in [3.63, 3.8) is 0 Å². The van der Waals surface area contributed by atoms with Crippen molar-refractivity contribution in [1.29, 1.82) is 0 Å². The van der Waals surface area contributed by atoms with Crippen molar-refractivity contribution in [2.45, 2.75) is 27.3 Å². The smallest absolute Gasteiger partial charge is 0.254 e. The van der Waals surface area contributed by atoms with Gasteiger partial charge in [0.15, 0.2) is 0 Å². The number of hydrogen-bond acceptors (Lipinski definition) is 2. The Kier molecular flexibility index (Phi) is 4.97. The third-order valence-electron chi connectivity index (χ3n) is 3.29. The molecule has 0 N–H and O–H groups in total. The van der Waals surface area contributed by atoms with E-state index in [1.165, 1.54) is 5.56 Å². The lowest BCUT2D eigenvalue weighted by Gasteiger charge is -2.21. The molecule has 0 saturated heterocycles. The van der Waals surface area contributed by atoms with Crippen molar-refractivity contribution < 1.29 is 4.79 Å². The van der Waals surface area contributed by atoms with Crippen LogP contribution in [0, 0.1) is 13.8 Å². The van der Waals surface area contributed by atoms with Crippen molar-refractivity contribution >= 4 is 17.5 Å². The van der Waals surface area contributed by atoms with E-state index < -0.39 is 0 Å². The summed E-state index contributed by atoms with van der Waals surface area (Å²) >= 11 is 5.94. The third kappa shape index (κ3) is 4.05. The van der Waals surface area contributed by atoms with Crippen LogP contribution in [0.25, 0.3) is 0 Å². The molecule has 110 valence electrons. The second-order valence-electron chi connectivity index (χ2n) is 5.13. The topological polar surface area (TPSA) is 33.2 Å². The van der Waals surface area contributed by atoms with E-state index in [-0.39, 0.29) is 5.91 Å². The lowest BCUT2D eigenvalue weighted by Crippen LogP contribution is -2.30. The van der Waals surface area contributed by atoms with E-state index in [0.29, 0.717) is 23.8 Å². The molecule has 0 aliphatic heterocycles. The molecule has 0 fully saturated rings. The molecule has 1 heterocycles. The van der Waals surface area contributed by atoms with E-state index in [1.807, 2.05) is 39.0 Å². The first-order valence-electron chi connectivity index (χ1n) is 6.98. The highest BCUT2D eigenvalue weighted by Crippen LogP contribution is 2.15. The lowest BCUT2D eigenvalue weighted by molar-refractivity contribution is 0.0752. The molecule has 0 atom stereocenters. The number of carbonyl (C=O) groups excluding carboxylic acids is 1. The minimum atomic E-state index is -0.0218. The molecule has 0 saturated carbocycles. The Morgan fingerprint density at radius 3 is 2.62 bits per heavy atom. The first-order valence-corrected chi connectivity index (χ1v) is 7.36. The Morgan fingerprint density at radius 2 is 2.00 bits per heavy atom. The summed E-state index contributed by atoms with van der Waals surface area (Å²) in [4.78, 5) is 18.5. The summed E-state index contributed by atoms with van der Waals surface area (Å²) in [5, 5.41) is 0.352. The van der Waals surface area contributed by atoms with E-state index in [9.17, 15) is 4.79 Å². The largest absolute Gasteiger partial charge is 0.335 e. The van der Waals surface area contributed by atoms with Crippen molar-refractivity contribution in [3.8, 4) is 0 Å².